The number of rotatable bonds is 9. The molecule has 2 aromatic heterocycles. The van der Waals surface area contributed by atoms with Crippen molar-refractivity contribution >= 4 is 15.8 Å². The molecule has 1 aromatic carbocycles. The molecule has 0 unspecified atom stereocenters. The molecular formula is C24H31N3O4S. The predicted octanol–water partition coefficient (Wildman–Crippen LogP) is 5.24. The smallest absolute Gasteiger partial charge is 0.265 e. The molecule has 32 heavy (non-hydrogen) atoms. The van der Waals surface area contributed by atoms with Crippen molar-refractivity contribution in [2.75, 3.05) is 10.8 Å². The van der Waals surface area contributed by atoms with Crippen molar-refractivity contribution in [3.05, 3.63) is 65.2 Å². The second-order valence-corrected chi connectivity index (χ2v) is 10.5. The summed E-state index contributed by atoms with van der Waals surface area (Å²) < 4.78 is 39.2. The molecule has 0 saturated carbocycles. The summed E-state index contributed by atoms with van der Waals surface area (Å²) >= 11 is 0. The topological polar surface area (TPSA) is 85.5 Å². The van der Waals surface area contributed by atoms with Crippen molar-refractivity contribution in [2.45, 2.75) is 59.0 Å². The van der Waals surface area contributed by atoms with E-state index in [1.807, 2.05) is 33.8 Å². The zero-order valence-electron chi connectivity index (χ0n) is 19.5. The SMILES string of the molecule is Cc1noc(C)c1COc1ccc(S(=O)(=O)N(CC(C)C)c2ccc(C(C)C)cn2)cc1. The summed E-state index contributed by atoms with van der Waals surface area (Å²) in [7, 11) is -3.78. The van der Waals surface area contributed by atoms with Crippen LogP contribution in [0.1, 0.15) is 56.2 Å². The zero-order chi connectivity index (χ0) is 23.5. The normalized spacial score (nSPS) is 11.9. The average Bonchev–Trinajstić information content (AvgIpc) is 3.08. The number of benzene rings is 1. The van der Waals surface area contributed by atoms with E-state index in [9.17, 15) is 8.42 Å². The fraction of sp³-hybridized carbons (Fsp3) is 0.417. The Labute approximate surface area is 190 Å². The molecule has 0 radical (unpaired) electrons. The van der Waals surface area contributed by atoms with Gasteiger partial charge in [0.2, 0.25) is 0 Å². The third-order valence-electron chi connectivity index (χ3n) is 5.20. The fourth-order valence-corrected chi connectivity index (χ4v) is 4.81. The van der Waals surface area contributed by atoms with E-state index in [1.54, 1.807) is 36.5 Å². The summed E-state index contributed by atoms with van der Waals surface area (Å²) in [6, 6.07) is 10.2. The quantitative estimate of drug-likeness (QED) is 0.437. The summed E-state index contributed by atoms with van der Waals surface area (Å²) in [5.41, 5.74) is 2.73. The molecule has 7 nitrogen and oxygen atoms in total. The van der Waals surface area contributed by atoms with Gasteiger partial charge < -0.3 is 9.26 Å². The molecule has 0 bridgehead atoms. The molecule has 0 aliphatic heterocycles. The molecule has 0 aliphatic carbocycles. The monoisotopic (exact) mass is 457 g/mol. The molecule has 0 amide bonds. The molecule has 0 saturated heterocycles. The van der Waals surface area contributed by atoms with Gasteiger partial charge in [-0.25, -0.2) is 17.7 Å². The minimum absolute atomic E-state index is 0.133. The lowest BCUT2D eigenvalue weighted by Gasteiger charge is -2.25. The zero-order valence-corrected chi connectivity index (χ0v) is 20.3. The molecule has 8 heteroatoms. The molecule has 0 N–H and O–H groups in total. The van der Waals surface area contributed by atoms with Crippen LogP contribution in [0.2, 0.25) is 0 Å². The number of nitrogens with zero attached hydrogens (tertiary/aromatic N) is 3. The second-order valence-electron chi connectivity index (χ2n) is 8.60. The van der Waals surface area contributed by atoms with Crippen molar-refractivity contribution in [3.63, 3.8) is 0 Å². The average molecular weight is 458 g/mol. The summed E-state index contributed by atoms with van der Waals surface area (Å²) in [5.74, 6) is 2.15. The summed E-state index contributed by atoms with van der Waals surface area (Å²) in [6.45, 7) is 12.4. The Morgan fingerprint density at radius 2 is 1.72 bits per heavy atom. The maximum atomic E-state index is 13.5. The highest BCUT2D eigenvalue weighted by atomic mass is 32.2. The molecule has 3 aromatic rings. The first-order valence-electron chi connectivity index (χ1n) is 10.7. The maximum absolute atomic E-state index is 13.5. The highest BCUT2D eigenvalue weighted by molar-refractivity contribution is 7.92. The van der Waals surface area contributed by atoms with Gasteiger partial charge in [0.05, 0.1) is 16.2 Å². The summed E-state index contributed by atoms with van der Waals surface area (Å²) in [4.78, 5) is 4.64. The molecule has 0 aliphatic rings. The minimum Gasteiger partial charge on any atom is -0.489 e. The lowest BCUT2D eigenvalue weighted by molar-refractivity contribution is 0.301. The van der Waals surface area contributed by atoms with Crippen molar-refractivity contribution in [3.8, 4) is 5.75 Å². The number of aromatic nitrogens is 2. The molecule has 0 fully saturated rings. The van der Waals surface area contributed by atoms with Gasteiger partial charge >= 0.3 is 0 Å². The van der Waals surface area contributed by atoms with Gasteiger partial charge in [0.1, 0.15) is 23.9 Å². The summed E-state index contributed by atoms with van der Waals surface area (Å²) in [6.07, 6.45) is 1.74. The third-order valence-corrected chi connectivity index (χ3v) is 6.98. The third kappa shape index (κ3) is 5.30. The largest absolute Gasteiger partial charge is 0.489 e. The molecule has 0 atom stereocenters. The van der Waals surface area contributed by atoms with Crippen LogP contribution in [0.4, 0.5) is 5.82 Å². The van der Waals surface area contributed by atoms with E-state index in [2.05, 4.69) is 24.0 Å². The van der Waals surface area contributed by atoms with Crippen LogP contribution in [0.25, 0.3) is 0 Å². The van der Waals surface area contributed by atoms with E-state index in [0.29, 0.717) is 36.4 Å². The van der Waals surface area contributed by atoms with E-state index in [4.69, 9.17) is 9.26 Å². The number of anilines is 1. The molecule has 2 heterocycles. The Hall–Kier alpha value is -2.87. The Kier molecular flexibility index (Phi) is 7.23. The maximum Gasteiger partial charge on any atom is 0.265 e. The standard InChI is InChI=1S/C24H31N3O4S/c1-16(2)14-27(24-12-7-20(13-25-24)17(3)4)32(28,29)22-10-8-21(9-11-22)30-15-23-18(5)26-31-19(23)6/h7-13,16-17H,14-15H2,1-6H3. The minimum atomic E-state index is -3.78. The number of hydrogen-bond donors (Lipinski definition) is 0. The first-order valence-corrected chi connectivity index (χ1v) is 12.2. The Balaban J connectivity index is 1.83. The number of sulfonamides is 1. The fourth-order valence-electron chi connectivity index (χ4n) is 3.23. The van der Waals surface area contributed by atoms with Crippen LogP contribution in [-0.4, -0.2) is 25.1 Å². The van der Waals surface area contributed by atoms with Crippen molar-refractivity contribution in [2.24, 2.45) is 5.92 Å². The van der Waals surface area contributed by atoms with Crippen molar-refractivity contribution < 1.29 is 17.7 Å². The van der Waals surface area contributed by atoms with E-state index in [0.717, 1.165) is 16.8 Å². The lowest BCUT2D eigenvalue weighted by atomic mass is 10.1. The van der Waals surface area contributed by atoms with Crippen LogP contribution in [-0.2, 0) is 16.6 Å². The number of hydrogen-bond acceptors (Lipinski definition) is 6. The first-order chi connectivity index (χ1) is 15.1. The summed E-state index contributed by atoms with van der Waals surface area (Å²) in [5, 5.41) is 3.92. The molecule has 3 rings (SSSR count). The van der Waals surface area contributed by atoms with Gasteiger partial charge in [-0.05, 0) is 61.6 Å². The van der Waals surface area contributed by atoms with Gasteiger partial charge in [-0.15, -0.1) is 0 Å². The molecule has 0 spiro atoms. The second kappa shape index (κ2) is 9.73. The van der Waals surface area contributed by atoms with Crippen molar-refractivity contribution in [1.29, 1.82) is 0 Å². The predicted molar refractivity (Wildman–Crippen MR) is 124 cm³/mol. The van der Waals surface area contributed by atoms with Crippen LogP contribution >= 0.6 is 0 Å². The number of pyridine rings is 1. The van der Waals surface area contributed by atoms with Gasteiger partial charge in [0, 0.05) is 12.7 Å². The van der Waals surface area contributed by atoms with Crippen molar-refractivity contribution in [1.82, 2.24) is 10.1 Å². The van der Waals surface area contributed by atoms with Crippen LogP contribution in [0.3, 0.4) is 0 Å². The Bertz CT molecular complexity index is 1120. The van der Waals surface area contributed by atoms with Crippen LogP contribution < -0.4 is 9.04 Å². The highest BCUT2D eigenvalue weighted by Gasteiger charge is 2.27. The van der Waals surface area contributed by atoms with Crippen LogP contribution in [0.5, 0.6) is 5.75 Å². The Morgan fingerprint density at radius 3 is 2.22 bits per heavy atom. The molecular weight excluding hydrogens is 426 g/mol. The van der Waals surface area contributed by atoms with Gasteiger partial charge in [0.25, 0.3) is 10.0 Å². The van der Waals surface area contributed by atoms with E-state index < -0.39 is 10.0 Å². The molecule has 172 valence electrons. The van der Waals surface area contributed by atoms with Gasteiger partial charge in [-0.3, -0.25) is 0 Å². The van der Waals surface area contributed by atoms with E-state index >= 15 is 0 Å². The Morgan fingerprint density at radius 1 is 1.03 bits per heavy atom. The van der Waals surface area contributed by atoms with E-state index in [-0.39, 0.29) is 10.8 Å². The number of aryl methyl sites for hydroxylation is 2. The lowest BCUT2D eigenvalue weighted by Crippen LogP contribution is -2.35. The van der Waals surface area contributed by atoms with Gasteiger partial charge in [-0.2, -0.15) is 0 Å². The van der Waals surface area contributed by atoms with Gasteiger partial charge in [0.15, 0.2) is 0 Å². The highest BCUT2D eigenvalue weighted by Crippen LogP contribution is 2.26. The van der Waals surface area contributed by atoms with Crippen LogP contribution in [0, 0.1) is 19.8 Å². The first kappa shape index (κ1) is 23.8. The van der Waals surface area contributed by atoms with E-state index in [1.165, 1.54) is 4.31 Å². The number of ether oxygens (including phenoxy) is 1. The van der Waals surface area contributed by atoms with Crippen LogP contribution in [0.15, 0.2) is 52.0 Å². The van der Waals surface area contributed by atoms with Gasteiger partial charge in [-0.1, -0.05) is 38.9 Å².